The van der Waals surface area contributed by atoms with Crippen LogP contribution in [-0.4, -0.2) is 34.9 Å². The molecular formula is C32H40N2O3. The minimum Gasteiger partial charge on any atom is -0.484 e. The Morgan fingerprint density at radius 2 is 1.54 bits per heavy atom. The maximum absolute atomic E-state index is 13.7. The molecule has 3 aromatic rings. The molecule has 0 spiro atoms. The zero-order valence-corrected chi connectivity index (χ0v) is 23.0. The molecular weight excluding hydrogens is 460 g/mol. The van der Waals surface area contributed by atoms with Crippen LogP contribution in [0.3, 0.4) is 0 Å². The number of nitrogens with one attached hydrogen (secondary N) is 1. The van der Waals surface area contributed by atoms with E-state index in [9.17, 15) is 9.59 Å². The summed E-state index contributed by atoms with van der Waals surface area (Å²) < 4.78 is 5.90. The molecule has 5 heteroatoms. The van der Waals surface area contributed by atoms with Crippen LogP contribution in [0.4, 0.5) is 0 Å². The van der Waals surface area contributed by atoms with Crippen LogP contribution in [-0.2, 0) is 22.6 Å². The van der Waals surface area contributed by atoms with Crippen molar-refractivity contribution in [1.82, 2.24) is 10.2 Å². The van der Waals surface area contributed by atoms with Crippen molar-refractivity contribution in [3.8, 4) is 5.75 Å². The van der Waals surface area contributed by atoms with Gasteiger partial charge in [0, 0.05) is 18.5 Å². The number of hydrogen-bond acceptors (Lipinski definition) is 3. The minimum atomic E-state index is -0.693. The Morgan fingerprint density at radius 3 is 2.14 bits per heavy atom. The largest absolute Gasteiger partial charge is 0.484 e. The van der Waals surface area contributed by atoms with Crippen molar-refractivity contribution in [1.29, 1.82) is 0 Å². The smallest absolute Gasteiger partial charge is 0.261 e. The molecule has 3 rings (SSSR count). The predicted molar refractivity (Wildman–Crippen MR) is 150 cm³/mol. The first-order chi connectivity index (χ1) is 17.5. The van der Waals surface area contributed by atoms with Crippen molar-refractivity contribution >= 4 is 11.8 Å². The second-order valence-electron chi connectivity index (χ2n) is 11.0. The van der Waals surface area contributed by atoms with E-state index in [4.69, 9.17) is 4.74 Å². The van der Waals surface area contributed by atoms with Crippen molar-refractivity contribution in [3.05, 3.63) is 101 Å². The van der Waals surface area contributed by atoms with Crippen molar-refractivity contribution in [2.24, 2.45) is 0 Å². The molecule has 196 valence electrons. The summed E-state index contributed by atoms with van der Waals surface area (Å²) in [6, 6.07) is 25.0. The maximum Gasteiger partial charge on any atom is 0.261 e. The fraction of sp³-hybridized carbons (Fsp3) is 0.375. The quantitative estimate of drug-likeness (QED) is 0.369. The molecule has 0 heterocycles. The van der Waals surface area contributed by atoms with Gasteiger partial charge in [-0.15, -0.1) is 0 Å². The molecule has 0 aliphatic rings. The number of amides is 2. The highest BCUT2D eigenvalue weighted by Gasteiger charge is 2.32. The van der Waals surface area contributed by atoms with E-state index in [1.54, 1.807) is 4.90 Å². The maximum atomic E-state index is 13.7. The van der Waals surface area contributed by atoms with Crippen molar-refractivity contribution in [2.45, 2.75) is 72.0 Å². The van der Waals surface area contributed by atoms with Gasteiger partial charge in [-0.25, -0.2) is 0 Å². The number of carbonyl (C=O) groups is 2. The van der Waals surface area contributed by atoms with Gasteiger partial charge < -0.3 is 15.0 Å². The van der Waals surface area contributed by atoms with Gasteiger partial charge in [-0.2, -0.15) is 0 Å². The monoisotopic (exact) mass is 500 g/mol. The molecule has 0 aliphatic carbocycles. The Kier molecular flexibility index (Phi) is 9.51. The molecule has 1 unspecified atom stereocenters. The normalized spacial score (nSPS) is 12.2. The lowest BCUT2D eigenvalue weighted by Gasteiger charge is -2.33. The van der Waals surface area contributed by atoms with E-state index in [0.29, 0.717) is 24.6 Å². The number of aryl methyl sites for hydroxylation is 1. The fourth-order valence-corrected chi connectivity index (χ4v) is 4.19. The molecule has 3 aromatic carbocycles. The summed E-state index contributed by atoms with van der Waals surface area (Å²) in [7, 11) is 0. The highest BCUT2D eigenvalue weighted by molar-refractivity contribution is 5.89. The first kappa shape index (κ1) is 28.0. The molecule has 0 saturated carbocycles. The zero-order chi connectivity index (χ0) is 27.0. The second-order valence-corrected chi connectivity index (χ2v) is 11.0. The first-order valence-electron chi connectivity index (χ1n) is 13.0. The van der Waals surface area contributed by atoms with Crippen LogP contribution in [0.2, 0.25) is 0 Å². The predicted octanol–water partition coefficient (Wildman–Crippen LogP) is 6.05. The van der Waals surface area contributed by atoms with Crippen LogP contribution in [0.1, 0.15) is 62.8 Å². The van der Waals surface area contributed by atoms with E-state index < -0.39 is 11.6 Å². The second kappa shape index (κ2) is 12.6. The van der Waals surface area contributed by atoms with E-state index in [2.05, 4.69) is 19.2 Å². The lowest BCUT2D eigenvalue weighted by atomic mass is 10.0. The van der Waals surface area contributed by atoms with Crippen LogP contribution in [0, 0.1) is 6.92 Å². The third kappa shape index (κ3) is 8.78. The Morgan fingerprint density at radius 1 is 0.892 bits per heavy atom. The Bertz CT molecular complexity index is 1160. The van der Waals surface area contributed by atoms with Crippen LogP contribution in [0.25, 0.3) is 0 Å². The standard InChI is InChI=1S/C32H40N2O3/c1-23(2)27-15-17-28(18-16-27)37-22-30(35)34(21-26-14-10-11-24(3)19-26)29(31(36)33-32(4,5)6)20-25-12-8-7-9-13-25/h7-19,23,29H,20-22H2,1-6H3,(H,33,36). The van der Waals surface area contributed by atoms with Gasteiger partial charge in [0.1, 0.15) is 11.8 Å². The summed E-state index contributed by atoms with van der Waals surface area (Å²) in [5, 5.41) is 3.09. The number of nitrogens with zero attached hydrogens (tertiary/aromatic N) is 1. The SMILES string of the molecule is Cc1cccc(CN(C(=O)COc2ccc(C(C)C)cc2)C(Cc2ccccc2)C(=O)NC(C)(C)C)c1. The molecule has 0 radical (unpaired) electrons. The van der Waals surface area contributed by atoms with Gasteiger partial charge in [0.25, 0.3) is 5.91 Å². The number of carbonyl (C=O) groups excluding carboxylic acids is 2. The summed E-state index contributed by atoms with van der Waals surface area (Å²) in [5.74, 6) is 0.630. The Labute approximate surface area is 221 Å². The van der Waals surface area contributed by atoms with Crippen LogP contribution < -0.4 is 10.1 Å². The number of benzene rings is 3. The van der Waals surface area contributed by atoms with E-state index in [-0.39, 0.29) is 18.4 Å². The molecule has 2 amide bonds. The average molecular weight is 501 g/mol. The molecule has 1 N–H and O–H groups in total. The average Bonchev–Trinajstić information content (AvgIpc) is 2.84. The third-order valence-electron chi connectivity index (χ3n) is 6.11. The summed E-state index contributed by atoms with van der Waals surface area (Å²) in [4.78, 5) is 29.0. The van der Waals surface area contributed by atoms with Crippen LogP contribution in [0.5, 0.6) is 5.75 Å². The van der Waals surface area contributed by atoms with Crippen molar-refractivity contribution < 1.29 is 14.3 Å². The van der Waals surface area contributed by atoms with Gasteiger partial charge >= 0.3 is 0 Å². The Hall–Kier alpha value is -3.60. The van der Waals surface area contributed by atoms with Crippen molar-refractivity contribution in [2.75, 3.05) is 6.61 Å². The minimum absolute atomic E-state index is 0.152. The van der Waals surface area contributed by atoms with Crippen LogP contribution in [0.15, 0.2) is 78.9 Å². The van der Waals surface area contributed by atoms with E-state index >= 15 is 0 Å². The molecule has 0 aromatic heterocycles. The number of rotatable bonds is 10. The molecule has 0 bridgehead atoms. The summed E-state index contributed by atoms with van der Waals surface area (Å²) >= 11 is 0. The summed E-state index contributed by atoms with van der Waals surface area (Å²) in [6.07, 6.45) is 0.406. The Balaban J connectivity index is 1.90. The summed E-state index contributed by atoms with van der Waals surface area (Å²) in [5.41, 5.74) is 3.84. The van der Waals surface area contributed by atoms with Gasteiger partial charge in [0.2, 0.25) is 5.91 Å². The van der Waals surface area contributed by atoms with Gasteiger partial charge in [0.15, 0.2) is 6.61 Å². The van der Waals surface area contributed by atoms with E-state index in [1.807, 2.05) is 107 Å². The number of hydrogen-bond donors (Lipinski definition) is 1. The van der Waals surface area contributed by atoms with Gasteiger partial charge in [-0.1, -0.05) is 86.1 Å². The first-order valence-corrected chi connectivity index (χ1v) is 13.0. The molecule has 0 aliphatic heterocycles. The summed E-state index contributed by atoms with van der Waals surface area (Å²) in [6.45, 7) is 12.3. The third-order valence-corrected chi connectivity index (χ3v) is 6.11. The molecule has 37 heavy (non-hydrogen) atoms. The van der Waals surface area contributed by atoms with Gasteiger partial charge in [-0.05, 0) is 62.4 Å². The highest BCUT2D eigenvalue weighted by Crippen LogP contribution is 2.20. The van der Waals surface area contributed by atoms with E-state index in [1.165, 1.54) is 5.56 Å². The topological polar surface area (TPSA) is 58.6 Å². The zero-order valence-electron chi connectivity index (χ0n) is 23.0. The molecule has 0 saturated heterocycles. The van der Waals surface area contributed by atoms with E-state index in [0.717, 1.165) is 16.7 Å². The van der Waals surface area contributed by atoms with Crippen LogP contribution >= 0.6 is 0 Å². The highest BCUT2D eigenvalue weighted by atomic mass is 16.5. The van der Waals surface area contributed by atoms with Gasteiger partial charge in [0.05, 0.1) is 0 Å². The van der Waals surface area contributed by atoms with Crippen molar-refractivity contribution in [3.63, 3.8) is 0 Å². The number of ether oxygens (including phenoxy) is 1. The molecule has 1 atom stereocenters. The molecule has 0 fully saturated rings. The molecule has 5 nitrogen and oxygen atoms in total. The van der Waals surface area contributed by atoms with Gasteiger partial charge in [-0.3, -0.25) is 9.59 Å². The lowest BCUT2D eigenvalue weighted by molar-refractivity contribution is -0.143. The fourth-order valence-electron chi connectivity index (χ4n) is 4.19. The lowest BCUT2D eigenvalue weighted by Crippen LogP contribution is -2.55.